The lowest BCUT2D eigenvalue weighted by atomic mass is 10.1. The van der Waals surface area contributed by atoms with E-state index in [9.17, 15) is 9.59 Å². The SMILES string of the molecule is Cn1cc(CCN2CC3CNCCN3C(=O)C2=O)cn1. The van der Waals surface area contributed by atoms with Crippen molar-refractivity contribution in [3.8, 4) is 0 Å². The molecule has 0 bridgehead atoms. The zero-order valence-electron chi connectivity index (χ0n) is 11.6. The summed E-state index contributed by atoms with van der Waals surface area (Å²) in [5.74, 6) is -0.721. The molecule has 1 aromatic heterocycles. The molecule has 1 N–H and O–H groups in total. The molecule has 2 aliphatic heterocycles. The fraction of sp³-hybridized carbons (Fsp3) is 0.615. The number of nitrogens with one attached hydrogen (secondary N) is 1. The van der Waals surface area contributed by atoms with Gasteiger partial charge in [0.1, 0.15) is 0 Å². The Bertz CT molecular complexity index is 527. The van der Waals surface area contributed by atoms with Crippen molar-refractivity contribution in [2.75, 3.05) is 32.7 Å². The topological polar surface area (TPSA) is 70.5 Å². The van der Waals surface area contributed by atoms with E-state index in [1.807, 2.05) is 13.2 Å². The van der Waals surface area contributed by atoms with Crippen LogP contribution in [0.3, 0.4) is 0 Å². The van der Waals surface area contributed by atoms with Gasteiger partial charge in [-0.15, -0.1) is 0 Å². The number of hydrogen-bond acceptors (Lipinski definition) is 4. The predicted octanol–water partition coefficient (Wildman–Crippen LogP) is -1.39. The van der Waals surface area contributed by atoms with Crippen molar-refractivity contribution < 1.29 is 9.59 Å². The van der Waals surface area contributed by atoms with Crippen LogP contribution in [0.5, 0.6) is 0 Å². The van der Waals surface area contributed by atoms with Gasteiger partial charge in [-0.2, -0.15) is 5.10 Å². The lowest BCUT2D eigenvalue weighted by Crippen LogP contribution is -2.65. The van der Waals surface area contributed by atoms with Crippen molar-refractivity contribution in [2.45, 2.75) is 12.5 Å². The quantitative estimate of drug-likeness (QED) is 0.690. The molecule has 20 heavy (non-hydrogen) atoms. The summed E-state index contributed by atoms with van der Waals surface area (Å²) in [5.41, 5.74) is 1.08. The van der Waals surface area contributed by atoms with Crippen LogP contribution < -0.4 is 5.32 Å². The van der Waals surface area contributed by atoms with Gasteiger partial charge >= 0.3 is 11.8 Å². The molecule has 2 fully saturated rings. The van der Waals surface area contributed by atoms with Crippen molar-refractivity contribution in [1.29, 1.82) is 0 Å². The second-order valence-electron chi connectivity index (χ2n) is 5.38. The number of rotatable bonds is 3. The average Bonchev–Trinajstić information content (AvgIpc) is 2.87. The van der Waals surface area contributed by atoms with E-state index in [1.54, 1.807) is 20.7 Å². The lowest BCUT2D eigenvalue weighted by molar-refractivity contribution is -0.159. The summed E-state index contributed by atoms with van der Waals surface area (Å²) < 4.78 is 1.74. The number of carbonyl (C=O) groups is 2. The number of amides is 2. The molecule has 0 spiro atoms. The smallest absolute Gasteiger partial charge is 0.312 e. The molecule has 2 aliphatic rings. The Morgan fingerprint density at radius 1 is 1.40 bits per heavy atom. The Morgan fingerprint density at radius 2 is 2.25 bits per heavy atom. The first-order valence-corrected chi connectivity index (χ1v) is 6.93. The number of nitrogens with zero attached hydrogens (tertiary/aromatic N) is 4. The first-order chi connectivity index (χ1) is 9.65. The van der Waals surface area contributed by atoms with Crippen LogP contribution in [0.15, 0.2) is 12.4 Å². The highest BCUT2D eigenvalue weighted by molar-refractivity contribution is 6.35. The highest BCUT2D eigenvalue weighted by Crippen LogP contribution is 2.14. The zero-order valence-corrected chi connectivity index (χ0v) is 11.6. The van der Waals surface area contributed by atoms with Gasteiger partial charge < -0.3 is 15.1 Å². The first kappa shape index (κ1) is 13.1. The van der Waals surface area contributed by atoms with Gasteiger partial charge in [-0.1, -0.05) is 0 Å². The van der Waals surface area contributed by atoms with Crippen LogP contribution in [0, 0.1) is 0 Å². The molecule has 3 heterocycles. The molecule has 0 radical (unpaired) electrons. The largest absolute Gasteiger partial charge is 0.332 e. The van der Waals surface area contributed by atoms with Gasteiger partial charge in [-0.3, -0.25) is 14.3 Å². The van der Waals surface area contributed by atoms with Gasteiger partial charge in [0.05, 0.1) is 12.2 Å². The number of piperazine rings is 2. The van der Waals surface area contributed by atoms with Crippen LogP contribution in [-0.2, 0) is 23.1 Å². The third-order valence-corrected chi connectivity index (χ3v) is 3.94. The maximum Gasteiger partial charge on any atom is 0.312 e. The zero-order chi connectivity index (χ0) is 14.1. The molecule has 7 nitrogen and oxygen atoms in total. The summed E-state index contributed by atoms with van der Waals surface area (Å²) in [7, 11) is 1.87. The summed E-state index contributed by atoms with van der Waals surface area (Å²) in [6, 6.07) is 0.114. The summed E-state index contributed by atoms with van der Waals surface area (Å²) >= 11 is 0. The highest BCUT2D eigenvalue weighted by Gasteiger charge is 2.39. The maximum absolute atomic E-state index is 12.1. The Labute approximate surface area is 117 Å². The van der Waals surface area contributed by atoms with E-state index < -0.39 is 0 Å². The summed E-state index contributed by atoms with van der Waals surface area (Å²) in [4.78, 5) is 27.6. The number of aromatic nitrogens is 2. The molecule has 2 saturated heterocycles. The fourth-order valence-corrected chi connectivity index (χ4v) is 2.84. The molecule has 0 aliphatic carbocycles. The van der Waals surface area contributed by atoms with Crippen LogP contribution >= 0.6 is 0 Å². The minimum atomic E-state index is -0.368. The van der Waals surface area contributed by atoms with Gasteiger partial charge in [0.25, 0.3) is 0 Å². The monoisotopic (exact) mass is 277 g/mol. The van der Waals surface area contributed by atoms with Gasteiger partial charge in [0.15, 0.2) is 0 Å². The van der Waals surface area contributed by atoms with Crippen molar-refractivity contribution in [3.05, 3.63) is 18.0 Å². The molecule has 1 unspecified atom stereocenters. The number of hydrogen-bond donors (Lipinski definition) is 1. The van der Waals surface area contributed by atoms with Crippen molar-refractivity contribution in [2.24, 2.45) is 7.05 Å². The summed E-state index contributed by atoms with van der Waals surface area (Å²) in [5, 5.41) is 7.38. The highest BCUT2D eigenvalue weighted by atomic mass is 16.2. The molecule has 3 rings (SSSR count). The first-order valence-electron chi connectivity index (χ1n) is 6.93. The van der Waals surface area contributed by atoms with Gasteiger partial charge in [-0.05, 0) is 12.0 Å². The van der Waals surface area contributed by atoms with E-state index in [0.29, 0.717) is 19.6 Å². The van der Waals surface area contributed by atoms with E-state index in [2.05, 4.69) is 10.4 Å². The predicted molar refractivity (Wildman–Crippen MR) is 71.9 cm³/mol. The Morgan fingerprint density at radius 3 is 3.00 bits per heavy atom. The van der Waals surface area contributed by atoms with E-state index in [-0.39, 0.29) is 17.9 Å². The van der Waals surface area contributed by atoms with Crippen LogP contribution in [0.2, 0.25) is 0 Å². The van der Waals surface area contributed by atoms with Crippen LogP contribution in [0.1, 0.15) is 5.56 Å². The van der Waals surface area contributed by atoms with Crippen molar-refractivity contribution in [3.63, 3.8) is 0 Å². The second-order valence-corrected chi connectivity index (χ2v) is 5.38. The molecule has 7 heteroatoms. The van der Waals surface area contributed by atoms with E-state index >= 15 is 0 Å². The van der Waals surface area contributed by atoms with E-state index in [4.69, 9.17) is 0 Å². The lowest BCUT2D eigenvalue weighted by Gasteiger charge is -2.43. The maximum atomic E-state index is 12.1. The third kappa shape index (κ3) is 2.40. The standard InChI is InChI=1S/C13H19N5O2/c1-16-8-10(6-15-16)2-4-17-9-11-7-14-3-5-18(11)13(20)12(17)19/h6,8,11,14H,2-5,7,9H2,1H3. The van der Waals surface area contributed by atoms with Gasteiger partial charge in [0, 0.05) is 46.0 Å². The molecule has 0 saturated carbocycles. The molecule has 108 valence electrons. The molecule has 1 aromatic rings. The van der Waals surface area contributed by atoms with Crippen molar-refractivity contribution in [1.82, 2.24) is 24.9 Å². The Balaban J connectivity index is 1.64. The minimum absolute atomic E-state index is 0.114. The van der Waals surface area contributed by atoms with Crippen LogP contribution in [-0.4, -0.2) is 70.2 Å². The Kier molecular flexibility index (Phi) is 3.43. The average molecular weight is 277 g/mol. The second kappa shape index (κ2) is 5.24. The molecular weight excluding hydrogens is 258 g/mol. The molecule has 0 aromatic carbocycles. The Hall–Kier alpha value is -1.89. The third-order valence-electron chi connectivity index (χ3n) is 3.94. The number of fused-ring (bicyclic) bond motifs is 1. The van der Waals surface area contributed by atoms with E-state index in [0.717, 1.165) is 25.1 Å². The number of carbonyl (C=O) groups excluding carboxylic acids is 2. The summed E-state index contributed by atoms with van der Waals surface area (Å²) in [6.45, 7) is 3.36. The molecule has 2 amide bonds. The normalized spacial score (nSPS) is 23.1. The molecular formula is C13H19N5O2. The van der Waals surface area contributed by atoms with Crippen LogP contribution in [0.25, 0.3) is 0 Å². The minimum Gasteiger partial charge on any atom is -0.332 e. The fourth-order valence-electron chi connectivity index (χ4n) is 2.84. The van der Waals surface area contributed by atoms with Crippen molar-refractivity contribution >= 4 is 11.8 Å². The van der Waals surface area contributed by atoms with Gasteiger partial charge in [0.2, 0.25) is 0 Å². The number of aryl methyl sites for hydroxylation is 1. The van der Waals surface area contributed by atoms with Gasteiger partial charge in [-0.25, -0.2) is 0 Å². The summed E-state index contributed by atoms with van der Waals surface area (Å²) in [6.07, 6.45) is 4.46. The van der Waals surface area contributed by atoms with Crippen LogP contribution in [0.4, 0.5) is 0 Å². The van der Waals surface area contributed by atoms with E-state index in [1.165, 1.54) is 0 Å². The molecule has 1 atom stereocenters.